The normalized spacial score (nSPS) is 23.1. The van der Waals surface area contributed by atoms with Crippen molar-refractivity contribution in [2.45, 2.75) is 51.2 Å². The van der Waals surface area contributed by atoms with E-state index in [1.54, 1.807) is 24.4 Å². The van der Waals surface area contributed by atoms with Crippen LogP contribution in [0.1, 0.15) is 55.7 Å². The van der Waals surface area contributed by atoms with Gasteiger partial charge < -0.3 is 14.9 Å². The monoisotopic (exact) mass is 575 g/mol. The van der Waals surface area contributed by atoms with Crippen LogP contribution in [0.15, 0.2) is 65.8 Å². The summed E-state index contributed by atoms with van der Waals surface area (Å²) in [5.41, 5.74) is 1.70. The van der Waals surface area contributed by atoms with Crippen LogP contribution in [0, 0.1) is 11.2 Å². The number of nitrogens with zero attached hydrogens (tertiary/aromatic N) is 4. The Balaban J connectivity index is 1.24. The smallest absolute Gasteiger partial charge is 0.231 e. The second-order valence-electron chi connectivity index (χ2n) is 11.7. The molecule has 1 unspecified atom stereocenters. The van der Waals surface area contributed by atoms with Gasteiger partial charge in [0, 0.05) is 53.5 Å². The van der Waals surface area contributed by atoms with Gasteiger partial charge in [-0.15, -0.1) is 0 Å². The second kappa shape index (κ2) is 10.3. The van der Waals surface area contributed by atoms with Crippen LogP contribution in [0.4, 0.5) is 4.39 Å². The summed E-state index contributed by atoms with van der Waals surface area (Å²) in [6, 6.07) is 10.8. The minimum absolute atomic E-state index is 0.156. The standard InChI is InChI=1S/C31H31ClFN5O3/c1-18-4-6-21(29(39)36-18)20-13-23-26(34-14-20)9-8-24(27(23)33)31(40)10-11-38(16-30(31,2)3)15-19-5-7-22(25(32)12-19)28-35-17-41-37-28/h5,7-9,12-14,17,21,40H,1,4,6,10-11,15-16H2,2-3H3,(H,36,39)/t21?,31-/m0/s1. The Hall–Kier alpha value is -3.66. The molecule has 212 valence electrons. The van der Waals surface area contributed by atoms with Crippen molar-refractivity contribution in [1.29, 1.82) is 0 Å². The number of aromatic nitrogens is 3. The van der Waals surface area contributed by atoms with Crippen molar-refractivity contribution >= 4 is 28.4 Å². The highest BCUT2D eigenvalue weighted by Crippen LogP contribution is 2.48. The topological polar surface area (TPSA) is 104 Å². The molecule has 2 aromatic carbocycles. The number of likely N-dealkylation sites (tertiary alicyclic amines) is 1. The lowest BCUT2D eigenvalue weighted by atomic mass is 9.66. The molecule has 8 nitrogen and oxygen atoms in total. The Morgan fingerprint density at radius 1 is 1.24 bits per heavy atom. The number of allylic oxidation sites excluding steroid dienone is 1. The van der Waals surface area contributed by atoms with E-state index in [2.05, 4.69) is 31.9 Å². The van der Waals surface area contributed by atoms with Crippen LogP contribution < -0.4 is 5.32 Å². The fourth-order valence-electron chi connectivity index (χ4n) is 6.23. The lowest BCUT2D eigenvalue weighted by molar-refractivity contribution is -0.128. The lowest BCUT2D eigenvalue weighted by Crippen LogP contribution is -2.55. The molecule has 4 aromatic rings. The highest BCUT2D eigenvalue weighted by atomic mass is 35.5. The maximum atomic E-state index is 16.2. The van der Waals surface area contributed by atoms with Crippen LogP contribution in [0.25, 0.3) is 22.3 Å². The van der Waals surface area contributed by atoms with Crippen molar-refractivity contribution in [2.75, 3.05) is 13.1 Å². The number of carbonyl (C=O) groups excluding carboxylic acids is 1. The SMILES string of the molecule is C=C1CCC(c2cnc3ccc([C@@]4(O)CCN(Cc5ccc(-c6ncon6)c(Cl)c5)CC4(C)C)c(F)c3c2)C(=O)N1. The van der Waals surface area contributed by atoms with E-state index >= 15 is 4.39 Å². The number of hydrogen-bond acceptors (Lipinski definition) is 7. The summed E-state index contributed by atoms with van der Waals surface area (Å²) in [4.78, 5) is 23.3. The molecule has 2 fully saturated rings. The molecule has 0 radical (unpaired) electrons. The summed E-state index contributed by atoms with van der Waals surface area (Å²) >= 11 is 6.51. The number of benzene rings is 2. The van der Waals surface area contributed by atoms with Crippen LogP contribution in [-0.4, -0.2) is 44.1 Å². The van der Waals surface area contributed by atoms with Gasteiger partial charge in [-0.05, 0) is 54.7 Å². The number of hydrogen-bond donors (Lipinski definition) is 2. The summed E-state index contributed by atoms with van der Waals surface area (Å²) in [6.45, 7) is 9.48. The average Bonchev–Trinajstić information content (AvgIpc) is 3.46. The molecule has 41 heavy (non-hydrogen) atoms. The van der Waals surface area contributed by atoms with Crippen molar-refractivity contribution in [3.8, 4) is 11.4 Å². The molecular formula is C31H31ClFN5O3. The second-order valence-corrected chi connectivity index (χ2v) is 12.1. The highest BCUT2D eigenvalue weighted by Gasteiger charge is 2.50. The van der Waals surface area contributed by atoms with E-state index in [0.717, 1.165) is 5.56 Å². The predicted octanol–water partition coefficient (Wildman–Crippen LogP) is 5.70. The maximum absolute atomic E-state index is 16.2. The molecule has 0 spiro atoms. The van der Waals surface area contributed by atoms with Crippen LogP contribution >= 0.6 is 11.6 Å². The highest BCUT2D eigenvalue weighted by molar-refractivity contribution is 6.33. The van der Waals surface area contributed by atoms with E-state index in [4.69, 9.17) is 16.1 Å². The molecule has 4 heterocycles. The van der Waals surface area contributed by atoms with Crippen molar-refractivity contribution in [1.82, 2.24) is 25.3 Å². The number of rotatable bonds is 5. The molecule has 10 heteroatoms. The van der Waals surface area contributed by atoms with Gasteiger partial charge in [-0.2, -0.15) is 4.98 Å². The van der Waals surface area contributed by atoms with E-state index in [1.807, 2.05) is 32.0 Å². The van der Waals surface area contributed by atoms with E-state index in [1.165, 1.54) is 6.39 Å². The summed E-state index contributed by atoms with van der Waals surface area (Å²) in [5, 5.41) is 19.5. The quantitative estimate of drug-likeness (QED) is 0.314. The van der Waals surface area contributed by atoms with E-state index < -0.39 is 22.8 Å². The predicted molar refractivity (Wildman–Crippen MR) is 153 cm³/mol. The van der Waals surface area contributed by atoms with Crippen LogP contribution in [0.3, 0.4) is 0 Å². The van der Waals surface area contributed by atoms with Gasteiger partial charge >= 0.3 is 0 Å². The fourth-order valence-corrected chi connectivity index (χ4v) is 6.52. The number of halogens is 2. The van der Waals surface area contributed by atoms with Crippen molar-refractivity contribution < 1.29 is 18.8 Å². The van der Waals surface area contributed by atoms with Crippen LogP contribution in [-0.2, 0) is 16.9 Å². The molecule has 0 bridgehead atoms. The molecule has 2 N–H and O–H groups in total. The number of piperidine rings is 2. The van der Waals surface area contributed by atoms with Crippen molar-refractivity contribution in [3.05, 3.63) is 88.8 Å². The molecule has 2 atom stereocenters. The first kappa shape index (κ1) is 27.5. The molecule has 0 saturated carbocycles. The van der Waals surface area contributed by atoms with Gasteiger partial charge in [0.1, 0.15) is 5.82 Å². The molecule has 1 amide bonds. The number of fused-ring (bicyclic) bond motifs is 1. The minimum Gasteiger partial charge on any atom is -0.384 e. The van der Waals surface area contributed by atoms with Gasteiger partial charge in [-0.3, -0.25) is 14.7 Å². The van der Waals surface area contributed by atoms with Crippen molar-refractivity contribution in [2.24, 2.45) is 5.41 Å². The summed E-state index contributed by atoms with van der Waals surface area (Å²) < 4.78 is 21.1. The van der Waals surface area contributed by atoms with E-state index in [-0.39, 0.29) is 11.5 Å². The Labute approximate surface area is 242 Å². The molecule has 6 rings (SSSR count). The lowest BCUT2D eigenvalue weighted by Gasteiger charge is -2.50. The number of amides is 1. The van der Waals surface area contributed by atoms with Gasteiger partial charge in [-0.1, -0.05) is 49.3 Å². The van der Waals surface area contributed by atoms with E-state index in [0.29, 0.717) is 77.5 Å². The Morgan fingerprint density at radius 3 is 2.78 bits per heavy atom. The molecule has 2 aromatic heterocycles. The average molecular weight is 576 g/mol. The van der Waals surface area contributed by atoms with Crippen LogP contribution in [0.5, 0.6) is 0 Å². The summed E-state index contributed by atoms with van der Waals surface area (Å²) in [7, 11) is 0. The molecular weight excluding hydrogens is 545 g/mol. The van der Waals surface area contributed by atoms with Gasteiger partial charge in [0.25, 0.3) is 0 Å². The number of pyridine rings is 1. The molecule has 2 saturated heterocycles. The first-order valence-corrected chi connectivity index (χ1v) is 14.0. The zero-order chi connectivity index (χ0) is 28.9. The summed E-state index contributed by atoms with van der Waals surface area (Å²) in [5.74, 6) is -0.640. The maximum Gasteiger partial charge on any atom is 0.231 e. The zero-order valence-electron chi connectivity index (χ0n) is 23.0. The first-order chi connectivity index (χ1) is 19.6. The first-order valence-electron chi connectivity index (χ1n) is 13.6. The fraction of sp³-hybridized carbons (Fsp3) is 0.355. The Kier molecular flexibility index (Phi) is 6.92. The van der Waals surface area contributed by atoms with E-state index in [9.17, 15) is 9.90 Å². The van der Waals surface area contributed by atoms with Gasteiger partial charge in [0.15, 0.2) is 0 Å². The third kappa shape index (κ3) is 4.92. The number of aliphatic hydroxyl groups is 1. The van der Waals surface area contributed by atoms with Gasteiger partial charge in [0.05, 0.1) is 22.1 Å². The van der Waals surface area contributed by atoms with Crippen molar-refractivity contribution in [3.63, 3.8) is 0 Å². The minimum atomic E-state index is -1.40. The Morgan fingerprint density at radius 2 is 2.07 bits per heavy atom. The molecule has 2 aliphatic heterocycles. The zero-order valence-corrected chi connectivity index (χ0v) is 23.7. The third-order valence-corrected chi connectivity index (χ3v) is 8.90. The number of nitrogens with one attached hydrogen (secondary N) is 1. The largest absolute Gasteiger partial charge is 0.384 e. The van der Waals surface area contributed by atoms with Gasteiger partial charge in [0.2, 0.25) is 18.1 Å². The summed E-state index contributed by atoms with van der Waals surface area (Å²) in [6.07, 6.45) is 4.50. The third-order valence-electron chi connectivity index (χ3n) is 8.59. The Bertz CT molecular complexity index is 1660. The van der Waals surface area contributed by atoms with Crippen LogP contribution in [0.2, 0.25) is 5.02 Å². The van der Waals surface area contributed by atoms with Gasteiger partial charge in [-0.25, -0.2) is 4.39 Å². The molecule has 2 aliphatic rings. The molecule has 0 aliphatic carbocycles. The number of carbonyl (C=O) groups is 1.